The van der Waals surface area contributed by atoms with E-state index < -0.39 is 0 Å². The van der Waals surface area contributed by atoms with Gasteiger partial charge in [0.25, 0.3) is 0 Å². The summed E-state index contributed by atoms with van der Waals surface area (Å²) in [6.45, 7) is 4.37. The summed E-state index contributed by atoms with van der Waals surface area (Å²) in [7, 11) is 0. The molecule has 2 aromatic rings. The van der Waals surface area contributed by atoms with E-state index in [0.29, 0.717) is 23.9 Å². The molecule has 2 aliphatic rings. The smallest absolute Gasteiger partial charge is 0.347 e. The van der Waals surface area contributed by atoms with Gasteiger partial charge in [-0.1, -0.05) is 24.3 Å². The van der Waals surface area contributed by atoms with E-state index in [1.165, 1.54) is 6.42 Å². The number of benzene rings is 1. The van der Waals surface area contributed by atoms with E-state index in [1.807, 2.05) is 30.5 Å². The molecule has 6 nitrogen and oxygen atoms in total. The molecule has 1 aromatic carbocycles. The second-order valence-electron chi connectivity index (χ2n) is 8.44. The van der Waals surface area contributed by atoms with Gasteiger partial charge in [0.1, 0.15) is 18.1 Å². The van der Waals surface area contributed by atoms with E-state index in [2.05, 4.69) is 30.9 Å². The van der Waals surface area contributed by atoms with Crippen molar-refractivity contribution in [1.82, 2.24) is 4.90 Å². The Morgan fingerprint density at radius 3 is 2.45 bits per heavy atom. The Labute approximate surface area is 173 Å². The maximum absolute atomic E-state index is 8.82. The highest BCUT2D eigenvalue weighted by Gasteiger charge is 2.33. The van der Waals surface area contributed by atoms with Crippen LogP contribution in [-0.2, 0) is 0 Å². The topological polar surface area (TPSA) is 92.2 Å². The Hall–Kier alpha value is -2.60. The molecule has 1 aliphatic carbocycles. The quantitative estimate of drug-likeness (QED) is 0.413. The van der Waals surface area contributed by atoms with Crippen molar-refractivity contribution in [3.05, 3.63) is 53.7 Å². The van der Waals surface area contributed by atoms with Crippen molar-refractivity contribution >= 4 is 11.8 Å². The highest BCUT2D eigenvalue weighted by Crippen LogP contribution is 2.37. The third-order valence-corrected chi connectivity index (χ3v) is 6.38. The van der Waals surface area contributed by atoms with Crippen molar-refractivity contribution in [2.75, 3.05) is 5.73 Å². The van der Waals surface area contributed by atoms with E-state index in [1.54, 1.807) is 4.57 Å². The molecule has 29 heavy (non-hydrogen) atoms. The maximum Gasteiger partial charge on any atom is 0.347 e. The van der Waals surface area contributed by atoms with Gasteiger partial charge in [0.15, 0.2) is 5.82 Å². The number of likely N-dealkylation sites (tertiary alicyclic amines) is 1. The summed E-state index contributed by atoms with van der Waals surface area (Å²) in [5.74, 6) is 1.67. The molecule has 1 aliphatic heterocycles. The van der Waals surface area contributed by atoms with Gasteiger partial charge in [-0.2, -0.15) is 9.98 Å². The number of rotatable bonds is 2. The van der Waals surface area contributed by atoms with Crippen LogP contribution in [0, 0.1) is 5.41 Å². The van der Waals surface area contributed by atoms with Crippen molar-refractivity contribution in [3.63, 3.8) is 0 Å². The molecule has 154 valence electrons. The summed E-state index contributed by atoms with van der Waals surface area (Å²) in [6.07, 6.45) is 6.99. The maximum atomic E-state index is 8.82. The summed E-state index contributed by atoms with van der Waals surface area (Å²) >= 11 is 0. The van der Waals surface area contributed by atoms with Crippen LogP contribution in [0.4, 0.5) is 5.82 Å². The summed E-state index contributed by atoms with van der Waals surface area (Å²) < 4.78 is 8.11. The molecule has 0 bridgehead atoms. The lowest BCUT2D eigenvalue weighted by molar-refractivity contribution is -0.552. The third kappa shape index (κ3) is 3.81. The summed E-state index contributed by atoms with van der Waals surface area (Å²) in [6, 6.07) is 12.7. The average Bonchev–Trinajstić information content (AvgIpc) is 2.71. The minimum Gasteiger partial charge on any atom is -0.483 e. The van der Waals surface area contributed by atoms with Crippen molar-refractivity contribution in [1.29, 1.82) is 5.41 Å². The zero-order valence-electron chi connectivity index (χ0n) is 17.3. The lowest BCUT2D eigenvalue weighted by Gasteiger charge is -2.36. The number of pyridine rings is 1. The predicted molar refractivity (Wildman–Crippen MR) is 115 cm³/mol. The number of aromatic nitrogens is 1. The van der Waals surface area contributed by atoms with Crippen LogP contribution in [0.5, 0.6) is 5.75 Å². The number of piperidine rings is 1. The Bertz CT molecular complexity index is 889. The number of ether oxygens (including phenoxy) is 1. The molecule has 1 aromatic heterocycles. The van der Waals surface area contributed by atoms with Crippen molar-refractivity contribution in [2.24, 2.45) is 5.73 Å². The number of nitrogens with one attached hydrogen (secondary N) is 1. The Balaban J connectivity index is 1.59. The monoisotopic (exact) mass is 394 g/mol. The molecular formula is C23H32N5O+. The molecule has 5 N–H and O–H groups in total. The van der Waals surface area contributed by atoms with Crippen molar-refractivity contribution < 1.29 is 9.30 Å². The molecule has 1 saturated heterocycles. The largest absolute Gasteiger partial charge is 0.483 e. The average molecular weight is 395 g/mol. The molecule has 2 heterocycles. The van der Waals surface area contributed by atoms with Crippen molar-refractivity contribution in [3.8, 4) is 5.75 Å². The number of hydrogen-bond acceptors (Lipinski definition) is 4. The predicted octanol–water partition coefficient (Wildman–Crippen LogP) is 3.52. The van der Waals surface area contributed by atoms with Gasteiger partial charge < -0.3 is 16.2 Å². The normalized spacial score (nSPS) is 26.7. The molecule has 1 fully saturated rings. The van der Waals surface area contributed by atoms with Gasteiger partial charge >= 0.3 is 5.96 Å². The van der Waals surface area contributed by atoms with Crippen molar-refractivity contribution in [2.45, 2.75) is 70.2 Å². The SMILES string of the molecule is C[C@@H]1CCC[C@H](C)N1C(=N)[n+]1cc(OC2CC[C@H](N)c3ccccc32)ccc1N. The number of fused-ring (bicyclic) bond motifs is 1. The van der Waals surface area contributed by atoms with E-state index in [9.17, 15) is 0 Å². The second-order valence-corrected chi connectivity index (χ2v) is 8.44. The van der Waals surface area contributed by atoms with E-state index in [4.69, 9.17) is 21.6 Å². The fourth-order valence-corrected chi connectivity index (χ4v) is 4.78. The number of nitrogen functional groups attached to an aromatic ring is 1. The molecular weight excluding hydrogens is 362 g/mol. The second kappa shape index (κ2) is 8.03. The van der Waals surface area contributed by atoms with Crippen LogP contribution in [0.1, 0.15) is 69.2 Å². The number of hydrogen-bond donors (Lipinski definition) is 3. The Morgan fingerprint density at radius 1 is 1.03 bits per heavy atom. The minimum absolute atomic E-state index is 0.0370. The molecule has 0 saturated carbocycles. The molecule has 0 spiro atoms. The van der Waals surface area contributed by atoms with Crippen LogP contribution in [0.2, 0.25) is 0 Å². The summed E-state index contributed by atoms with van der Waals surface area (Å²) in [5, 5.41) is 8.82. The summed E-state index contributed by atoms with van der Waals surface area (Å²) in [4.78, 5) is 2.17. The Kier molecular flexibility index (Phi) is 5.46. The fourth-order valence-electron chi connectivity index (χ4n) is 4.78. The standard InChI is InChI=1S/C23H31N5O/c1-15-6-5-7-16(2)28(15)23(26)27-14-17(10-13-22(27)25)29-21-12-11-20(24)18-8-3-4-9-19(18)21/h3-4,8-10,13-16,20-21,25-26H,5-7,11-12,24H2,1-2H3/p+1/t15-,16+,20-,21?/m0/s1. The van der Waals surface area contributed by atoms with Gasteiger partial charge in [-0.05, 0) is 63.1 Å². The zero-order chi connectivity index (χ0) is 20.5. The zero-order valence-corrected chi connectivity index (χ0v) is 17.3. The van der Waals surface area contributed by atoms with Gasteiger partial charge in [-0.3, -0.25) is 4.90 Å². The highest BCUT2D eigenvalue weighted by molar-refractivity contribution is 5.70. The highest BCUT2D eigenvalue weighted by atomic mass is 16.5. The number of anilines is 1. The van der Waals surface area contributed by atoms with E-state index in [0.717, 1.165) is 42.6 Å². The first-order valence-electron chi connectivity index (χ1n) is 10.6. The molecule has 6 heteroatoms. The van der Waals surface area contributed by atoms with Gasteiger partial charge in [0.2, 0.25) is 0 Å². The fraction of sp³-hybridized carbons (Fsp3) is 0.478. The summed E-state index contributed by atoms with van der Waals surface area (Å²) in [5.41, 5.74) is 14.8. The molecule has 0 amide bonds. The Morgan fingerprint density at radius 2 is 1.72 bits per heavy atom. The first-order chi connectivity index (χ1) is 14.0. The van der Waals surface area contributed by atoms with Gasteiger partial charge in [-0.15, -0.1) is 0 Å². The van der Waals surface area contributed by atoms with E-state index in [-0.39, 0.29) is 12.1 Å². The van der Waals surface area contributed by atoms with Crippen LogP contribution in [0.25, 0.3) is 0 Å². The first kappa shape index (κ1) is 19.7. The lowest BCUT2D eigenvalue weighted by Crippen LogP contribution is -2.60. The van der Waals surface area contributed by atoms with Crippen LogP contribution in [0.15, 0.2) is 42.6 Å². The van der Waals surface area contributed by atoms with Gasteiger partial charge in [0.05, 0.1) is 12.1 Å². The van der Waals surface area contributed by atoms with Crippen LogP contribution in [-0.4, -0.2) is 22.9 Å². The van der Waals surface area contributed by atoms with Gasteiger partial charge in [-0.25, -0.2) is 0 Å². The number of nitrogens with two attached hydrogens (primary N) is 2. The van der Waals surface area contributed by atoms with E-state index >= 15 is 0 Å². The first-order valence-corrected chi connectivity index (χ1v) is 10.6. The lowest BCUT2D eigenvalue weighted by atomic mass is 9.86. The van der Waals surface area contributed by atoms with Crippen LogP contribution in [0.3, 0.4) is 0 Å². The number of nitrogens with zero attached hydrogens (tertiary/aromatic N) is 2. The molecule has 4 atom stereocenters. The van der Waals surface area contributed by atoms with Gasteiger partial charge in [0, 0.05) is 12.1 Å². The van der Waals surface area contributed by atoms with Crippen LogP contribution >= 0.6 is 0 Å². The molecule has 1 unspecified atom stereocenters. The minimum atomic E-state index is -0.0370. The van der Waals surface area contributed by atoms with Crippen LogP contribution < -0.4 is 20.8 Å². The third-order valence-electron chi connectivity index (χ3n) is 6.38. The molecule has 0 radical (unpaired) electrons. The molecule has 4 rings (SSSR count).